The van der Waals surface area contributed by atoms with E-state index in [4.69, 9.17) is 0 Å². The average Bonchev–Trinajstić information content (AvgIpc) is 1.65. The third kappa shape index (κ3) is 3.08. The van der Waals surface area contributed by atoms with E-state index in [1.54, 1.807) is 6.92 Å². The summed E-state index contributed by atoms with van der Waals surface area (Å²) in [5.74, 6) is -0.574. The highest BCUT2D eigenvalue weighted by Gasteiger charge is 2.00. The topological polar surface area (TPSA) is 72.2 Å². The minimum Gasteiger partial charge on any atom is -0.269 e. The molecular formula is C3H6N2O3. The van der Waals surface area contributed by atoms with Crippen LogP contribution in [-0.4, -0.2) is 10.9 Å². The lowest BCUT2D eigenvalue weighted by Crippen LogP contribution is -2.28. The second kappa shape index (κ2) is 2.95. The molecule has 0 aromatic rings. The van der Waals surface area contributed by atoms with Crippen LogP contribution >= 0.6 is 0 Å². The number of carbonyl (C=O) groups excluding carboxylic acids is 1. The van der Waals surface area contributed by atoms with Crippen LogP contribution in [0.4, 0.5) is 0 Å². The summed E-state index contributed by atoms with van der Waals surface area (Å²) in [6.45, 7) is 1.54. The minimum absolute atomic E-state index is 0.140. The fourth-order valence-electron chi connectivity index (χ4n) is 0.181. The zero-order chi connectivity index (χ0) is 6.57. The highest BCUT2D eigenvalue weighted by atomic mass is 16.7. The van der Waals surface area contributed by atoms with E-state index in [9.17, 15) is 14.9 Å². The van der Waals surface area contributed by atoms with Crippen molar-refractivity contribution >= 4 is 5.91 Å². The monoisotopic (exact) mass is 118 g/mol. The summed E-state index contributed by atoms with van der Waals surface area (Å²) >= 11 is 0. The van der Waals surface area contributed by atoms with Gasteiger partial charge in [0, 0.05) is 6.42 Å². The molecule has 46 valence electrons. The summed E-state index contributed by atoms with van der Waals surface area (Å²) in [5, 5.41) is 8.57. The van der Waals surface area contributed by atoms with E-state index in [2.05, 4.69) is 0 Å². The summed E-state index contributed by atoms with van der Waals surface area (Å²) < 4.78 is 0. The molecule has 0 saturated carbocycles. The van der Waals surface area contributed by atoms with Crippen LogP contribution in [0.3, 0.4) is 0 Å². The molecule has 0 aliphatic heterocycles. The Balaban J connectivity index is 3.40. The molecule has 0 aliphatic carbocycles. The van der Waals surface area contributed by atoms with E-state index in [1.165, 1.54) is 5.43 Å². The van der Waals surface area contributed by atoms with Crippen molar-refractivity contribution < 1.29 is 9.83 Å². The molecule has 0 aliphatic rings. The first kappa shape index (κ1) is 6.87. The van der Waals surface area contributed by atoms with E-state index >= 15 is 0 Å². The maximum absolute atomic E-state index is 10.1. The van der Waals surface area contributed by atoms with Gasteiger partial charge in [-0.05, 0) is 0 Å². The predicted octanol–water partition coefficient (Wildman–Crippen LogP) is -0.296. The van der Waals surface area contributed by atoms with Gasteiger partial charge in [-0.2, -0.15) is 0 Å². The molecule has 0 radical (unpaired) electrons. The lowest BCUT2D eigenvalue weighted by Gasteiger charge is -1.87. The van der Waals surface area contributed by atoms with E-state index in [1.807, 2.05) is 0 Å². The number of rotatable bonds is 2. The Labute approximate surface area is 45.8 Å². The minimum atomic E-state index is -0.869. The smallest absolute Gasteiger partial charge is 0.269 e. The molecule has 0 bridgehead atoms. The first-order chi connectivity index (χ1) is 3.66. The standard InChI is InChI=1S/C3H6N2O3/c1-2-3(6)4-5(7)8/h2H2,1H3,(H,4,6). The molecule has 5 heteroatoms. The molecule has 0 heterocycles. The first-order valence-electron chi connectivity index (χ1n) is 2.10. The van der Waals surface area contributed by atoms with Crippen molar-refractivity contribution in [2.75, 3.05) is 0 Å². The van der Waals surface area contributed by atoms with Gasteiger partial charge < -0.3 is 0 Å². The van der Waals surface area contributed by atoms with Crippen LogP contribution in [0.5, 0.6) is 0 Å². The van der Waals surface area contributed by atoms with Crippen LogP contribution < -0.4 is 5.43 Å². The Morgan fingerprint density at radius 2 is 2.38 bits per heavy atom. The van der Waals surface area contributed by atoms with Crippen molar-refractivity contribution in [1.82, 2.24) is 5.43 Å². The fraction of sp³-hybridized carbons (Fsp3) is 0.667. The molecule has 0 saturated heterocycles. The largest absolute Gasteiger partial charge is 0.280 e. The lowest BCUT2D eigenvalue weighted by molar-refractivity contribution is -0.530. The van der Waals surface area contributed by atoms with Gasteiger partial charge in [-0.1, -0.05) is 12.3 Å². The first-order valence-corrected chi connectivity index (χ1v) is 2.10. The van der Waals surface area contributed by atoms with Crippen LogP contribution in [0.2, 0.25) is 0 Å². The number of amides is 1. The van der Waals surface area contributed by atoms with Gasteiger partial charge in [-0.15, -0.1) is 0 Å². The third-order valence-electron chi connectivity index (χ3n) is 0.537. The molecule has 0 spiro atoms. The van der Waals surface area contributed by atoms with Crippen LogP contribution in [0.1, 0.15) is 13.3 Å². The molecule has 0 rings (SSSR count). The predicted molar refractivity (Wildman–Crippen MR) is 25.4 cm³/mol. The maximum atomic E-state index is 10.1. The second-order valence-electron chi connectivity index (χ2n) is 1.15. The SMILES string of the molecule is CCC(=O)N[N+](=O)[O-]. The van der Waals surface area contributed by atoms with E-state index in [0.29, 0.717) is 0 Å². The van der Waals surface area contributed by atoms with Gasteiger partial charge in [-0.25, -0.2) is 10.1 Å². The van der Waals surface area contributed by atoms with Gasteiger partial charge in [0.15, 0.2) is 5.03 Å². The molecule has 5 nitrogen and oxygen atoms in total. The Morgan fingerprint density at radius 3 is 2.50 bits per heavy atom. The summed E-state index contributed by atoms with van der Waals surface area (Å²) in [5.41, 5.74) is 1.48. The number of hydrazine groups is 1. The van der Waals surface area contributed by atoms with Crippen molar-refractivity contribution in [1.29, 1.82) is 0 Å². The number of nitro groups is 1. The van der Waals surface area contributed by atoms with Crippen LogP contribution in [0.15, 0.2) is 0 Å². The van der Waals surface area contributed by atoms with Gasteiger partial charge in [0.25, 0.3) is 5.91 Å². The number of hydrogen-bond donors (Lipinski definition) is 1. The lowest BCUT2D eigenvalue weighted by atomic mass is 10.5. The van der Waals surface area contributed by atoms with Crippen molar-refractivity contribution in [3.05, 3.63) is 10.1 Å². The Kier molecular flexibility index (Phi) is 2.53. The van der Waals surface area contributed by atoms with Crippen molar-refractivity contribution in [2.45, 2.75) is 13.3 Å². The quantitative estimate of drug-likeness (QED) is 0.399. The number of hydrogen-bond acceptors (Lipinski definition) is 3. The fourth-order valence-corrected chi connectivity index (χ4v) is 0.181. The van der Waals surface area contributed by atoms with E-state index < -0.39 is 10.9 Å². The van der Waals surface area contributed by atoms with Gasteiger partial charge in [-0.3, -0.25) is 4.79 Å². The second-order valence-corrected chi connectivity index (χ2v) is 1.15. The van der Waals surface area contributed by atoms with Crippen molar-refractivity contribution in [3.8, 4) is 0 Å². The Hall–Kier alpha value is -1.13. The zero-order valence-electron chi connectivity index (χ0n) is 4.38. The number of carbonyl (C=O) groups is 1. The Morgan fingerprint density at radius 1 is 1.88 bits per heavy atom. The molecule has 8 heavy (non-hydrogen) atoms. The molecule has 1 N–H and O–H groups in total. The molecular weight excluding hydrogens is 112 g/mol. The third-order valence-corrected chi connectivity index (χ3v) is 0.537. The van der Waals surface area contributed by atoms with Crippen LogP contribution in [0.25, 0.3) is 0 Å². The Bertz CT molecular complexity index is 111. The van der Waals surface area contributed by atoms with Gasteiger partial charge >= 0.3 is 0 Å². The summed E-state index contributed by atoms with van der Waals surface area (Å²) in [4.78, 5) is 19.5. The maximum Gasteiger partial charge on any atom is 0.280 e. The van der Waals surface area contributed by atoms with Gasteiger partial charge in [0.1, 0.15) is 0 Å². The molecule has 0 fully saturated rings. The average molecular weight is 118 g/mol. The van der Waals surface area contributed by atoms with Crippen molar-refractivity contribution in [2.24, 2.45) is 0 Å². The number of nitrogens with one attached hydrogen (secondary N) is 1. The van der Waals surface area contributed by atoms with Crippen molar-refractivity contribution in [3.63, 3.8) is 0 Å². The van der Waals surface area contributed by atoms with Crippen LogP contribution in [-0.2, 0) is 4.79 Å². The molecule has 0 atom stereocenters. The highest BCUT2D eigenvalue weighted by Crippen LogP contribution is 1.71. The number of nitrogens with zero attached hydrogens (tertiary/aromatic N) is 1. The summed E-state index contributed by atoms with van der Waals surface area (Å²) in [7, 11) is 0. The normalized spacial score (nSPS) is 8.12. The molecule has 0 unspecified atom stereocenters. The van der Waals surface area contributed by atoms with Gasteiger partial charge in [0.2, 0.25) is 0 Å². The van der Waals surface area contributed by atoms with E-state index in [-0.39, 0.29) is 6.42 Å². The van der Waals surface area contributed by atoms with Crippen LogP contribution in [0, 0.1) is 10.1 Å². The van der Waals surface area contributed by atoms with Gasteiger partial charge in [0.05, 0.1) is 0 Å². The summed E-state index contributed by atoms with van der Waals surface area (Å²) in [6, 6.07) is 0. The molecule has 0 aromatic heterocycles. The van der Waals surface area contributed by atoms with E-state index in [0.717, 1.165) is 0 Å². The molecule has 1 amide bonds. The summed E-state index contributed by atoms with van der Waals surface area (Å²) in [6.07, 6.45) is 0.140. The molecule has 0 aromatic carbocycles. The highest BCUT2D eigenvalue weighted by molar-refractivity contribution is 5.74. The zero-order valence-corrected chi connectivity index (χ0v) is 4.38.